The van der Waals surface area contributed by atoms with Crippen molar-refractivity contribution < 1.29 is 19.0 Å². The highest BCUT2D eigenvalue weighted by atomic mass is 16.5. The van der Waals surface area contributed by atoms with Crippen molar-refractivity contribution in [1.82, 2.24) is 4.98 Å². The lowest BCUT2D eigenvalue weighted by atomic mass is 10.00. The van der Waals surface area contributed by atoms with Gasteiger partial charge in [-0.3, -0.25) is 9.78 Å². The van der Waals surface area contributed by atoms with E-state index in [-0.39, 0.29) is 0 Å². The van der Waals surface area contributed by atoms with Gasteiger partial charge in [-0.25, -0.2) is 0 Å². The molecular weight excluding hydrogens is 390 g/mol. The SMILES string of the molecule is COc1cccc(Cc2ncc(C=O)c3cc(OCc4ccccc4)c(OC)cc23)c1. The number of pyridine rings is 1. The van der Waals surface area contributed by atoms with Crippen molar-refractivity contribution in [3.8, 4) is 17.2 Å². The molecule has 156 valence electrons. The summed E-state index contributed by atoms with van der Waals surface area (Å²) in [5.41, 5.74) is 3.47. The van der Waals surface area contributed by atoms with Gasteiger partial charge in [-0.05, 0) is 40.8 Å². The first-order chi connectivity index (χ1) is 15.2. The van der Waals surface area contributed by atoms with Gasteiger partial charge in [0.15, 0.2) is 17.8 Å². The molecule has 0 fully saturated rings. The maximum Gasteiger partial charge on any atom is 0.162 e. The molecule has 4 aromatic rings. The normalized spacial score (nSPS) is 10.6. The van der Waals surface area contributed by atoms with E-state index in [1.807, 2.05) is 66.7 Å². The minimum Gasteiger partial charge on any atom is -0.497 e. The Morgan fingerprint density at radius 3 is 2.35 bits per heavy atom. The van der Waals surface area contributed by atoms with Crippen LogP contribution >= 0.6 is 0 Å². The maximum atomic E-state index is 11.7. The van der Waals surface area contributed by atoms with Crippen LogP contribution < -0.4 is 14.2 Å². The molecule has 0 saturated carbocycles. The Morgan fingerprint density at radius 2 is 1.61 bits per heavy atom. The summed E-state index contributed by atoms with van der Waals surface area (Å²) in [6.45, 7) is 0.404. The van der Waals surface area contributed by atoms with Crippen LogP contribution in [0.3, 0.4) is 0 Å². The molecule has 31 heavy (non-hydrogen) atoms. The molecule has 0 aliphatic rings. The van der Waals surface area contributed by atoms with Crippen LogP contribution in [-0.4, -0.2) is 25.5 Å². The van der Waals surface area contributed by atoms with Gasteiger partial charge in [-0.2, -0.15) is 0 Å². The third-order valence-corrected chi connectivity index (χ3v) is 5.16. The summed E-state index contributed by atoms with van der Waals surface area (Å²) in [6.07, 6.45) is 3.02. The molecule has 5 nitrogen and oxygen atoms in total. The number of hydrogen-bond acceptors (Lipinski definition) is 5. The fourth-order valence-electron chi connectivity index (χ4n) is 3.54. The van der Waals surface area contributed by atoms with Gasteiger partial charge in [0, 0.05) is 23.6 Å². The van der Waals surface area contributed by atoms with E-state index in [4.69, 9.17) is 14.2 Å². The van der Waals surface area contributed by atoms with Gasteiger partial charge in [-0.15, -0.1) is 0 Å². The Hall–Kier alpha value is -3.86. The van der Waals surface area contributed by atoms with Crippen molar-refractivity contribution in [3.63, 3.8) is 0 Å². The molecule has 0 unspecified atom stereocenters. The molecule has 0 saturated heterocycles. The predicted octanol–water partition coefficient (Wildman–Crippen LogP) is 5.23. The fraction of sp³-hybridized carbons (Fsp3) is 0.154. The van der Waals surface area contributed by atoms with E-state index >= 15 is 0 Å². The molecule has 4 rings (SSSR count). The van der Waals surface area contributed by atoms with Gasteiger partial charge in [0.05, 0.1) is 19.9 Å². The molecule has 5 heteroatoms. The smallest absolute Gasteiger partial charge is 0.162 e. The van der Waals surface area contributed by atoms with Gasteiger partial charge in [0.2, 0.25) is 0 Å². The number of benzene rings is 3. The minimum atomic E-state index is 0.404. The number of methoxy groups -OCH3 is 2. The summed E-state index contributed by atoms with van der Waals surface area (Å²) in [5, 5.41) is 1.64. The van der Waals surface area contributed by atoms with E-state index < -0.39 is 0 Å². The number of hydrogen-bond donors (Lipinski definition) is 0. The van der Waals surface area contributed by atoms with Crippen LogP contribution in [0, 0.1) is 0 Å². The zero-order chi connectivity index (χ0) is 21.6. The van der Waals surface area contributed by atoms with Gasteiger partial charge in [0.25, 0.3) is 0 Å². The van der Waals surface area contributed by atoms with Crippen molar-refractivity contribution in [2.75, 3.05) is 14.2 Å². The Bertz CT molecular complexity index is 1200. The van der Waals surface area contributed by atoms with Crippen molar-refractivity contribution in [3.05, 3.63) is 95.3 Å². The first-order valence-electron chi connectivity index (χ1n) is 9.96. The third kappa shape index (κ3) is 4.51. The second kappa shape index (κ2) is 9.30. The molecule has 0 aliphatic heterocycles. The van der Waals surface area contributed by atoms with Crippen LogP contribution in [0.1, 0.15) is 27.2 Å². The van der Waals surface area contributed by atoms with E-state index in [0.717, 1.165) is 39.6 Å². The molecule has 0 aliphatic carbocycles. The Kier molecular flexibility index (Phi) is 6.13. The van der Waals surface area contributed by atoms with Gasteiger partial charge in [0.1, 0.15) is 12.4 Å². The number of carbonyl (C=O) groups is 1. The Labute approximate surface area is 181 Å². The van der Waals surface area contributed by atoms with Crippen LogP contribution in [0.15, 0.2) is 72.9 Å². The molecular formula is C26H23NO4. The summed E-state index contributed by atoms with van der Waals surface area (Å²) >= 11 is 0. The maximum absolute atomic E-state index is 11.7. The molecule has 0 amide bonds. The highest BCUT2D eigenvalue weighted by Crippen LogP contribution is 2.35. The first-order valence-corrected chi connectivity index (χ1v) is 9.96. The number of fused-ring (bicyclic) bond motifs is 1. The molecule has 0 bridgehead atoms. The summed E-state index contributed by atoms with van der Waals surface area (Å²) in [5.74, 6) is 1.97. The van der Waals surface area contributed by atoms with Crippen LogP contribution in [-0.2, 0) is 13.0 Å². The van der Waals surface area contributed by atoms with Crippen molar-refractivity contribution in [2.24, 2.45) is 0 Å². The van der Waals surface area contributed by atoms with E-state index in [2.05, 4.69) is 4.98 Å². The minimum absolute atomic E-state index is 0.404. The average Bonchev–Trinajstić information content (AvgIpc) is 2.83. The number of aromatic nitrogens is 1. The fourth-order valence-corrected chi connectivity index (χ4v) is 3.54. The highest BCUT2D eigenvalue weighted by molar-refractivity contribution is 6.00. The van der Waals surface area contributed by atoms with Gasteiger partial charge in [-0.1, -0.05) is 42.5 Å². The zero-order valence-electron chi connectivity index (χ0n) is 17.5. The molecule has 1 heterocycles. The van der Waals surface area contributed by atoms with Crippen LogP contribution in [0.2, 0.25) is 0 Å². The molecule has 0 spiro atoms. The quantitative estimate of drug-likeness (QED) is 0.370. The summed E-state index contributed by atoms with van der Waals surface area (Å²) in [4.78, 5) is 16.2. The number of aldehydes is 1. The standard InChI is InChI=1S/C26H23NO4/c1-29-21-10-6-9-19(11-21)12-24-23-14-25(30-2)26(13-22(23)20(16-28)15-27-24)31-17-18-7-4-3-5-8-18/h3-11,13-16H,12,17H2,1-2H3. The second-order valence-corrected chi connectivity index (χ2v) is 7.13. The van der Waals surface area contributed by atoms with Crippen molar-refractivity contribution in [2.45, 2.75) is 13.0 Å². The van der Waals surface area contributed by atoms with Gasteiger partial charge >= 0.3 is 0 Å². The lowest BCUT2D eigenvalue weighted by Crippen LogP contribution is -2.01. The van der Waals surface area contributed by atoms with Crippen LogP contribution in [0.25, 0.3) is 10.8 Å². The number of ether oxygens (including phenoxy) is 3. The molecule has 1 aromatic heterocycles. The van der Waals surface area contributed by atoms with E-state index in [9.17, 15) is 4.79 Å². The molecule has 0 N–H and O–H groups in total. The predicted molar refractivity (Wildman–Crippen MR) is 120 cm³/mol. The van der Waals surface area contributed by atoms with E-state index in [0.29, 0.717) is 30.1 Å². The van der Waals surface area contributed by atoms with Crippen molar-refractivity contribution >= 4 is 17.1 Å². The van der Waals surface area contributed by atoms with Crippen LogP contribution in [0.5, 0.6) is 17.2 Å². The Balaban J connectivity index is 1.74. The number of nitrogens with zero attached hydrogens (tertiary/aromatic N) is 1. The number of rotatable bonds is 8. The monoisotopic (exact) mass is 413 g/mol. The van der Waals surface area contributed by atoms with Gasteiger partial charge < -0.3 is 14.2 Å². The topological polar surface area (TPSA) is 57.7 Å². The molecule has 3 aromatic carbocycles. The molecule has 0 radical (unpaired) electrons. The summed E-state index contributed by atoms with van der Waals surface area (Å²) in [6, 6.07) is 21.5. The highest BCUT2D eigenvalue weighted by Gasteiger charge is 2.14. The molecule has 0 atom stereocenters. The summed E-state index contributed by atoms with van der Waals surface area (Å²) < 4.78 is 17.0. The zero-order valence-corrected chi connectivity index (χ0v) is 17.5. The average molecular weight is 413 g/mol. The number of carbonyl (C=O) groups excluding carboxylic acids is 1. The lowest BCUT2D eigenvalue weighted by Gasteiger charge is -2.15. The van der Waals surface area contributed by atoms with E-state index in [1.54, 1.807) is 20.4 Å². The van der Waals surface area contributed by atoms with E-state index in [1.165, 1.54) is 0 Å². The largest absolute Gasteiger partial charge is 0.497 e. The van der Waals surface area contributed by atoms with Crippen LogP contribution in [0.4, 0.5) is 0 Å². The Morgan fingerprint density at radius 1 is 0.839 bits per heavy atom. The second-order valence-electron chi connectivity index (χ2n) is 7.13. The third-order valence-electron chi connectivity index (χ3n) is 5.16. The van der Waals surface area contributed by atoms with Crippen molar-refractivity contribution in [1.29, 1.82) is 0 Å². The first kappa shape index (κ1) is 20.4. The summed E-state index contributed by atoms with van der Waals surface area (Å²) in [7, 11) is 3.25. The lowest BCUT2D eigenvalue weighted by molar-refractivity contribution is 0.112.